The van der Waals surface area contributed by atoms with Crippen LogP contribution in [0.3, 0.4) is 0 Å². The Morgan fingerprint density at radius 3 is 1.77 bits per heavy atom. The normalized spacial score (nSPS) is 11.8. The number of hydrogen-bond donors (Lipinski definition) is 1. The fourth-order valence-electron chi connectivity index (χ4n) is 2.58. The van der Waals surface area contributed by atoms with Crippen LogP contribution in [0.4, 0.5) is 0 Å². The van der Waals surface area contributed by atoms with Gasteiger partial charge >= 0.3 is 11.9 Å². The van der Waals surface area contributed by atoms with Crippen molar-refractivity contribution in [2.45, 2.75) is 96.9 Å². The Morgan fingerprint density at radius 2 is 1.31 bits per heavy atom. The molecule has 0 radical (unpaired) electrons. The number of esters is 2. The van der Waals surface area contributed by atoms with Gasteiger partial charge in [0.05, 0.1) is 6.61 Å². The maximum atomic E-state index is 11.7. The number of unbranched alkanes of at least 4 members (excludes halogenated alkanes) is 11. The standard InChI is InChI=1S/C21H39NO4/c1-4-5-6-7-8-9-10-11-12-13-14-15-16-25-21(24)19(22)17-26-20(23)18(2)3/h19H,2,4-17,22H2,1,3H3/t19-/m0/s1. The van der Waals surface area contributed by atoms with Crippen molar-refractivity contribution in [3.63, 3.8) is 0 Å². The Morgan fingerprint density at radius 1 is 0.846 bits per heavy atom. The monoisotopic (exact) mass is 369 g/mol. The summed E-state index contributed by atoms with van der Waals surface area (Å²) >= 11 is 0. The van der Waals surface area contributed by atoms with E-state index < -0.39 is 18.0 Å². The summed E-state index contributed by atoms with van der Waals surface area (Å²) in [6.07, 6.45) is 15.1. The number of carbonyl (C=O) groups is 2. The zero-order valence-electron chi connectivity index (χ0n) is 16.9. The highest BCUT2D eigenvalue weighted by Gasteiger charge is 2.17. The Kier molecular flexibility index (Phi) is 16.2. The topological polar surface area (TPSA) is 78.6 Å². The molecular weight excluding hydrogens is 330 g/mol. The predicted molar refractivity (Wildman–Crippen MR) is 106 cm³/mol. The van der Waals surface area contributed by atoms with E-state index in [1.54, 1.807) is 6.92 Å². The molecule has 2 N–H and O–H groups in total. The number of ether oxygens (including phenoxy) is 2. The molecule has 0 aromatic heterocycles. The molecule has 0 spiro atoms. The summed E-state index contributed by atoms with van der Waals surface area (Å²) in [5.74, 6) is -1.07. The first-order chi connectivity index (χ1) is 12.5. The van der Waals surface area contributed by atoms with E-state index in [9.17, 15) is 9.59 Å². The number of rotatable bonds is 17. The zero-order valence-corrected chi connectivity index (χ0v) is 16.9. The van der Waals surface area contributed by atoms with Crippen LogP contribution in [0, 0.1) is 0 Å². The largest absolute Gasteiger partial charge is 0.464 e. The van der Waals surface area contributed by atoms with E-state index in [0.717, 1.165) is 12.8 Å². The molecule has 0 aliphatic heterocycles. The van der Waals surface area contributed by atoms with Crippen LogP contribution >= 0.6 is 0 Å². The van der Waals surface area contributed by atoms with Crippen LogP contribution in [-0.2, 0) is 19.1 Å². The molecule has 5 heteroatoms. The van der Waals surface area contributed by atoms with Gasteiger partial charge < -0.3 is 15.2 Å². The first-order valence-electron chi connectivity index (χ1n) is 10.2. The van der Waals surface area contributed by atoms with Crippen LogP contribution in [0.5, 0.6) is 0 Å². The molecule has 0 saturated heterocycles. The van der Waals surface area contributed by atoms with Crippen molar-refractivity contribution in [1.82, 2.24) is 0 Å². The van der Waals surface area contributed by atoms with Gasteiger partial charge in [-0.3, -0.25) is 4.79 Å². The van der Waals surface area contributed by atoms with Crippen LogP contribution in [0.1, 0.15) is 90.9 Å². The highest BCUT2D eigenvalue weighted by atomic mass is 16.6. The number of hydrogen-bond acceptors (Lipinski definition) is 5. The predicted octanol–water partition coefficient (Wildman–Crippen LogP) is 4.68. The van der Waals surface area contributed by atoms with E-state index in [0.29, 0.717) is 6.61 Å². The lowest BCUT2D eigenvalue weighted by atomic mass is 10.1. The van der Waals surface area contributed by atoms with Gasteiger partial charge in [-0.2, -0.15) is 0 Å². The molecule has 0 rings (SSSR count). The summed E-state index contributed by atoms with van der Waals surface area (Å²) in [5.41, 5.74) is 5.91. The minimum Gasteiger partial charge on any atom is -0.464 e. The van der Waals surface area contributed by atoms with E-state index in [1.165, 1.54) is 64.2 Å². The molecule has 0 fully saturated rings. The molecule has 0 aliphatic rings. The van der Waals surface area contributed by atoms with Gasteiger partial charge in [0.15, 0.2) is 0 Å². The van der Waals surface area contributed by atoms with Gasteiger partial charge in [-0.15, -0.1) is 0 Å². The van der Waals surface area contributed by atoms with E-state index in [1.807, 2.05) is 0 Å². The van der Waals surface area contributed by atoms with Crippen molar-refractivity contribution in [3.8, 4) is 0 Å². The third-order valence-electron chi connectivity index (χ3n) is 4.29. The van der Waals surface area contributed by atoms with Gasteiger partial charge in [0.2, 0.25) is 0 Å². The molecule has 0 aromatic rings. The highest BCUT2D eigenvalue weighted by Crippen LogP contribution is 2.12. The van der Waals surface area contributed by atoms with E-state index in [-0.39, 0.29) is 12.2 Å². The molecule has 5 nitrogen and oxygen atoms in total. The average Bonchev–Trinajstić information content (AvgIpc) is 2.62. The van der Waals surface area contributed by atoms with Gasteiger partial charge in [0, 0.05) is 5.57 Å². The van der Waals surface area contributed by atoms with E-state index in [2.05, 4.69) is 13.5 Å². The van der Waals surface area contributed by atoms with Crippen molar-refractivity contribution in [1.29, 1.82) is 0 Å². The molecule has 152 valence electrons. The maximum Gasteiger partial charge on any atom is 0.333 e. The Hall–Kier alpha value is -1.36. The van der Waals surface area contributed by atoms with Crippen LogP contribution in [0.2, 0.25) is 0 Å². The summed E-state index contributed by atoms with van der Waals surface area (Å²) in [4.78, 5) is 22.9. The molecule has 1 atom stereocenters. The van der Waals surface area contributed by atoms with Crippen LogP contribution < -0.4 is 5.73 Å². The quantitative estimate of drug-likeness (QED) is 0.229. The molecule has 0 aliphatic carbocycles. The van der Waals surface area contributed by atoms with Crippen LogP contribution in [0.25, 0.3) is 0 Å². The van der Waals surface area contributed by atoms with Gasteiger partial charge in [0.25, 0.3) is 0 Å². The fourth-order valence-corrected chi connectivity index (χ4v) is 2.58. The third-order valence-corrected chi connectivity index (χ3v) is 4.29. The summed E-state index contributed by atoms with van der Waals surface area (Å²) in [7, 11) is 0. The van der Waals surface area contributed by atoms with Gasteiger partial charge in [0.1, 0.15) is 12.6 Å². The molecule has 26 heavy (non-hydrogen) atoms. The second-order valence-corrected chi connectivity index (χ2v) is 7.04. The molecule has 0 heterocycles. The minimum absolute atomic E-state index is 0.178. The van der Waals surface area contributed by atoms with Crippen molar-refractivity contribution in [3.05, 3.63) is 12.2 Å². The van der Waals surface area contributed by atoms with Gasteiger partial charge in [-0.25, -0.2) is 4.79 Å². The Bertz CT molecular complexity index is 395. The molecule has 0 bridgehead atoms. The summed E-state index contributed by atoms with van der Waals surface area (Å²) in [6, 6.07) is -0.935. The van der Waals surface area contributed by atoms with Gasteiger partial charge in [-0.1, -0.05) is 84.1 Å². The summed E-state index contributed by atoms with van der Waals surface area (Å²) < 4.78 is 9.95. The minimum atomic E-state index is -0.935. The molecule has 0 saturated carbocycles. The zero-order chi connectivity index (χ0) is 19.6. The SMILES string of the molecule is C=C(C)C(=O)OC[C@H](N)C(=O)OCCCCCCCCCCCCCC. The summed E-state index contributed by atoms with van der Waals surface area (Å²) in [6.45, 7) is 7.45. The van der Waals surface area contributed by atoms with Crippen LogP contribution in [-0.4, -0.2) is 31.2 Å². The maximum absolute atomic E-state index is 11.7. The number of nitrogens with two attached hydrogens (primary N) is 1. The highest BCUT2D eigenvalue weighted by molar-refractivity contribution is 5.87. The first kappa shape index (κ1) is 24.6. The molecule has 0 unspecified atom stereocenters. The van der Waals surface area contributed by atoms with Gasteiger partial charge in [-0.05, 0) is 13.3 Å². The second kappa shape index (κ2) is 17.1. The fraction of sp³-hybridized carbons (Fsp3) is 0.810. The lowest BCUT2D eigenvalue weighted by Gasteiger charge is -2.12. The third kappa shape index (κ3) is 14.9. The molecule has 0 aromatic carbocycles. The lowest BCUT2D eigenvalue weighted by molar-refractivity contribution is -0.149. The van der Waals surface area contributed by atoms with Crippen molar-refractivity contribution in [2.24, 2.45) is 5.73 Å². The lowest BCUT2D eigenvalue weighted by Crippen LogP contribution is -2.37. The average molecular weight is 370 g/mol. The van der Waals surface area contributed by atoms with Crippen molar-refractivity contribution in [2.75, 3.05) is 13.2 Å². The van der Waals surface area contributed by atoms with Crippen LogP contribution in [0.15, 0.2) is 12.2 Å². The summed E-state index contributed by atoms with van der Waals surface area (Å²) in [5, 5.41) is 0. The van der Waals surface area contributed by atoms with E-state index >= 15 is 0 Å². The van der Waals surface area contributed by atoms with Crippen molar-refractivity contribution >= 4 is 11.9 Å². The van der Waals surface area contributed by atoms with Crippen molar-refractivity contribution < 1.29 is 19.1 Å². The molecule has 0 amide bonds. The molecular formula is C21H39NO4. The first-order valence-corrected chi connectivity index (χ1v) is 10.2. The number of carbonyl (C=O) groups excluding carboxylic acids is 2. The van der Waals surface area contributed by atoms with E-state index in [4.69, 9.17) is 15.2 Å². The Balaban J connectivity index is 3.39. The smallest absolute Gasteiger partial charge is 0.333 e. The Labute approximate surface area is 159 Å². The second-order valence-electron chi connectivity index (χ2n) is 7.04.